The highest BCUT2D eigenvalue weighted by atomic mass is 32.2. The third-order valence-corrected chi connectivity index (χ3v) is 3.48. The quantitative estimate of drug-likeness (QED) is 0.573. The van der Waals surface area contributed by atoms with Crippen LogP contribution in [0.5, 0.6) is 11.5 Å². The Hall–Kier alpha value is -1.40. The summed E-state index contributed by atoms with van der Waals surface area (Å²) in [7, 11) is 0. The predicted octanol–water partition coefficient (Wildman–Crippen LogP) is 1.95. The molecule has 1 rings (SSSR count). The van der Waals surface area contributed by atoms with E-state index < -0.39 is 12.0 Å². The highest BCUT2D eigenvalue weighted by molar-refractivity contribution is 7.98. The fraction of sp³-hybridized carbons (Fsp3) is 0.462. The van der Waals surface area contributed by atoms with Crippen molar-refractivity contribution in [2.24, 2.45) is 0 Å². The molecular weight excluding hydrogens is 266 g/mol. The van der Waals surface area contributed by atoms with E-state index in [4.69, 9.17) is 5.11 Å². The number of hydrogen-bond donors (Lipinski definition) is 4. The number of aromatic hydroxyl groups is 2. The molecule has 0 saturated heterocycles. The standard InChI is InChI=1S/C13H19NO4S/c1-8(10-7-9(15)3-4-12(10)16)14-11(13(17)18)5-6-19-2/h3-4,7-8,11,14-16H,5-6H2,1-2H3,(H,17,18). The summed E-state index contributed by atoms with van der Waals surface area (Å²) in [6.45, 7) is 1.75. The van der Waals surface area contributed by atoms with Crippen LogP contribution in [-0.2, 0) is 4.79 Å². The lowest BCUT2D eigenvalue weighted by Gasteiger charge is -2.21. The van der Waals surface area contributed by atoms with E-state index in [1.165, 1.54) is 18.2 Å². The molecule has 0 spiro atoms. The Bertz CT molecular complexity index is 439. The van der Waals surface area contributed by atoms with Crippen LogP contribution in [0.3, 0.4) is 0 Å². The number of benzene rings is 1. The molecule has 0 aromatic heterocycles. The minimum atomic E-state index is -0.916. The van der Waals surface area contributed by atoms with Crippen LogP contribution in [0.25, 0.3) is 0 Å². The van der Waals surface area contributed by atoms with Crippen LogP contribution in [0.1, 0.15) is 24.9 Å². The zero-order chi connectivity index (χ0) is 14.4. The number of aliphatic carboxylic acids is 1. The van der Waals surface area contributed by atoms with Gasteiger partial charge in [0, 0.05) is 11.6 Å². The molecule has 6 heteroatoms. The van der Waals surface area contributed by atoms with Crippen LogP contribution in [0.4, 0.5) is 0 Å². The lowest BCUT2D eigenvalue weighted by Crippen LogP contribution is -2.38. The predicted molar refractivity (Wildman–Crippen MR) is 75.7 cm³/mol. The summed E-state index contributed by atoms with van der Waals surface area (Å²) in [4.78, 5) is 11.1. The number of carbonyl (C=O) groups is 1. The Morgan fingerprint density at radius 2 is 2.11 bits per heavy atom. The van der Waals surface area contributed by atoms with Crippen LogP contribution in [-0.4, -0.2) is 39.3 Å². The van der Waals surface area contributed by atoms with Gasteiger partial charge in [0.2, 0.25) is 0 Å². The van der Waals surface area contributed by atoms with Crippen molar-refractivity contribution < 1.29 is 20.1 Å². The van der Waals surface area contributed by atoms with Crippen LogP contribution < -0.4 is 5.32 Å². The number of phenols is 2. The van der Waals surface area contributed by atoms with Gasteiger partial charge in [-0.05, 0) is 43.6 Å². The summed E-state index contributed by atoms with van der Waals surface area (Å²) in [5.41, 5.74) is 0.482. The van der Waals surface area contributed by atoms with Gasteiger partial charge in [-0.2, -0.15) is 11.8 Å². The van der Waals surface area contributed by atoms with E-state index in [0.29, 0.717) is 12.0 Å². The Labute approximate surface area is 116 Å². The van der Waals surface area contributed by atoms with E-state index in [9.17, 15) is 15.0 Å². The summed E-state index contributed by atoms with van der Waals surface area (Å²) in [5, 5.41) is 31.2. The minimum absolute atomic E-state index is 0.0341. The maximum absolute atomic E-state index is 11.1. The summed E-state index contributed by atoms with van der Waals surface area (Å²) >= 11 is 1.58. The van der Waals surface area contributed by atoms with Gasteiger partial charge < -0.3 is 15.3 Å². The highest BCUT2D eigenvalue weighted by Gasteiger charge is 2.21. The average Bonchev–Trinajstić information content (AvgIpc) is 2.36. The molecule has 4 N–H and O–H groups in total. The van der Waals surface area contributed by atoms with E-state index in [1.54, 1.807) is 18.7 Å². The van der Waals surface area contributed by atoms with E-state index >= 15 is 0 Å². The van der Waals surface area contributed by atoms with Gasteiger partial charge in [-0.25, -0.2) is 0 Å². The molecule has 0 aliphatic heterocycles. The summed E-state index contributed by atoms with van der Waals surface area (Å²) in [6.07, 6.45) is 2.42. The summed E-state index contributed by atoms with van der Waals surface area (Å²) < 4.78 is 0. The van der Waals surface area contributed by atoms with E-state index in [1.807, 2.05) is 6.26 Å². The van der Waals surface area contributed by atoms with Gasteiger partial charge in [0.15, 0.2) is 0 Å². The van der Waals surface area contributed by atoms with Crippen molar-refractivity contribution in [3.8, 4) is 11.5 Å². The monoisotopic (exact) mass is 285 g/mol. The number of carboxylic acid groups (broad SMARTS) is 1. The Morgan fingerprint density at radius 1 is 1.42 bits per heavy atom. The third kappa shape index (κ3) is 4.65. The van der Waals surface area contributed by atoms with E-state index in [0.717, 1.165) is 5.75 Å². The molecule has 2 unspecified atom stereocenters. The number of rotatable bonds is 7. The summed E-state index contributed by atoms with van der Waals surface area (Å²) in [5.74, 6) is -0.104. The maximum Gasteiger partial charge on any atom is 0.320 e. The SMILES string of the molecule is CSCCC(NC(C)c1cc(O)ccc1O)C(=O)O. The Balaban J connectivity index is 2.78. The van der Waals surface area contributed by atoms with Crippen molar-refractivity contribution in [3.63, 3.8) is 0 Å². The minimum Gasteiger partial charge on any atom is -0.508 e. The van der Waals surface area contributed by atoms with Crippen LogP contribution in [0.2, 0.25) is 0 Å². The average molecular weight is 285 g/mol. The fourth-order valence-electron chi connectivity index (χ4n) is 1.79. The second-order valence-electron chi connectivity index (χ2n) is 4.30. The highest BCUT2D eigenvalue weighted by Crippen LogP contribution is 2.28. The molecule has 0 amide bonds. The van der Waals surface area contributed by atoms with Gasteiger partial charge >= 0.3 is 5.97 Å². The first-order valence-electron chi connectivity index (χ1n) is 5.95. The van der Waals surface area contributed by atoms with Crippen molar-refractivity contribution in [1.29, 1.82) is 0 Å². The number of hydrogen-bond acceptors (Lipinski definition) is 5. The maximum atomic E-state index is 11.1. The summed E-state index contributed by atoms with van der Waals surface area (Å²) in [6, 6.07) is 3.16. The molecule has 0 aliphatic carbocycles. The lowest BCUT2D eigenvalue weighted by molar-refractivity contribution is -0.139. The molecule has 106 valence electrons. The van der Waals surface area contributed by atoms with E-state index in [-0.39, 0.29) is 17.5 Å². The molecular formula is C13H19NO4S. The third-order valence-electron chi connectivity index (χ3n) is 2.84. The van der Waals surface area contributed by atoms with E-state index in [2.05, 4.69) is 5.32 Å². The molecule has 0 fully saturated rings. The van der Waals surface area contributed by atoms with Crippen molar-refractivity contribution in [3.05, 3.63) is 23.8 Å². The Kier molecular flexibility index (Phi) is 5.98. The Morgan fingerprint density at radius 3 is 2.68 bits per heavy atom. The lowest BCUT2D eigenvalue weighted by atomic mass is 10.0. The normalized spacial score (nSPS) is 14.0. The van der Waals surface area contributed by atoms with Crippen LogP contribution >= 0.6 is 11.8 Å². The van der Waals surface area contributed by atoms with Gasteiger partial charge in [0.05, 0.1) is 0 Å². The number of carboxylic acids is 1. The second kappa shape index (κ2) is 7.25. The largest absolute Gasteiger partial charge is 0.508 e. The van der Waals surface area contributed by atoms with Crippen molar-refractivity contribution in [1.82, 2.24) is 5.32 Å². The number of thioether (sulfide) groups is 1. The molecule has 1 aromatic rings. The first kappa shape index (κ1) is 15.7. The first-order valence-corrected chi connectivity index (χ1v) is 7.34. The zero-order valence-electron chi connectivity index (χ0n) is 11.0. The first-order chi connectivity index (χ1) is 8.95. The molecule has 0 radical (unpaired) electrons. The topological polar surface area (TPSA) is 89.8 Å². The van der Waals surface area contributed by atoms with Crippen LogP contribution in [0, 0.1) is 0 Å². The van der Waals surface area contributed by atoms with Gasteiger partial charge in [-0.1, -0.05) is 0 Å². The molecule has 0 saturated carbocycles. The van der Waals surface area contributed by atoms with Crippen molar-refractivity contribution in [2.45, 2.75) is 25.4 Å². The van der Waals surface area contributed by atoms with Crippen LogP contribution in [0.15, 0.2) is 18.2 Å². The number of nitrogens with one attached hydrogen (secondary N) is 1. The molecule has 2 atom stereocenters. The molecule has 0 heterocycles. The van der Waals surface area contributed by atoms with Crippen molar-refractivity contribution in [2.75, 3.05) is 12.0 Å². The molecule has 0 aliphatic rings. The molecule has 0 bridgehead atoms. The zero-order valence-corrected chi connectivity index (χ0v) is 11.8. The molecule has 1 aromatic carbocycles. The molecule has 19 heavy (non-hydrogen) atoms. The number of phenolic OH excluding ortho intramolecular Hbond substituents is 2. The smallest absolute Gasteiger partial charge is 0.320 e. The van der Waals surface area contributed by atoms with Gasteiger partial charge in [-0.15, -0.1) is 0 Å². The fourth-order valence-corrected chi connectivity index (χ4v) is 2.27. The molecule has 5 nitrogen and oxygen atoms in total. The van der Waals surface area contributed by atoms with Gasteiger partial charge in [0.25, 0.3) is 0 Å². The van der Waals surface area contributed by atoms with Gasteiger partial charge in [0.1, 0.15) is 17.5 Å². The van der Waals surface area contributed by atoms with Crippen molar-refractivity contribution >= 4 is 17.7 Å². The van der Waals surface area contributed by atoms with Gasteiger partial charge in [-0.3, -0.25) is 10.1 Å². The second-order valence-corrected chi connectivity index (χ2v) is 5.29.